The fourth-order valence-electron chi connectivity index (χ4n) is 2.63. The second-order valence-corrected chi connectivity index (χ2v) is 5.35. The minimum Gasteiger partial charge on any atom is -0.355 e. The third-order valence-electron chi connectivity index (χ3n) is 4.07. The predicted octanol–water partition coefficient (Wildman–Crippen LogP) is -0.117. The van der Waals surface area contributed by atoms with Gasteiger partial charge in [-0.1, -0.05) is 6.42 Å². The van der Waals surface area contributed by atoms with Crippen molar-refractivity contribution in [3.63, 3.8) is 0 Å². The Labute approximate surface area is 113 Å². The minimum absolute atomic E-state index is 0.212. The molecule has 19 heavy (non-hydrogen) atoms. The van der Waals surface area contributed by atoms with Gasteiger partial charge in [-0.05, 0) is 12.8 Å². The third kappa shape index (κ3) is 2.78. The lowest BCUT2D eigenvalue weighted by molar-refractivity contribution is -0.127. The highest BCUT2D eigenvalue weighted by molar-refractivity contribution is 5.79. The fraction of sp³-hybridized carbons (Fsp3) is 0.769. The normalized spacial score (nSPS) is 19.4. The zero-order valence-corrected chi connectivity index (χ0v) is 11.2. The molecule has 1 amide bonds. The fourth-order valence-corrected chi connectivity index (χ4v) is 2.63. The second kappa shape index (κ2) is 5.69. The van der Waals surface area contributed by atoms with Gasteiger partial charge in [-0.25, -0.2) is 0 Å². The summed E-state index contributed by atoms with van der Waals surface area (Å²) in [4.78, 5) is 11.7. The molecule has 2 N–H and O–H groups in total. The molecule has 0 unspecified atom stereocenters. The maximum atomic E-state index is 11.7. The number of carbonyl (C=O) groups excluding carboxylic acids is 1. The molecule has 104 valence electrons. The van der Waals surface area contributed by atoms with Crippen molar-refractivity contribution in [3.05, 3.63) is 11.6 Å². The minimum atomic E-state index is 0.212. The van der Waals surface area contributed by atoms with Crippen molar-refractivity contribution in [1.82, 2.24) is 25.4 Å². The van der Waals surface area contributed by atoms with Crippen LogP contribution in [0.2, 0.25) is 0 Å². The van der Waals surface area contributed by atoms with Gasteiger partial charge in [0.25, 0.3) is 0 Å². The summed E-state index contributed by atoms with van der Waals surface area (Å²) in [7, 11) is 0. The van der Waals surface area contributed by atoms with Crippen molar-refractivity contribution >= 4 is 5.91 Å². The van der Waals surface area contributed by atoms with Crippen molar-refractivity contribution in [2.75, 3.05) is 19.6 Å². The van der Waals surface area contributed by atoms with Crippen LogP contribution in [0, 0.1) is 5.92 Å². The van der Waals surface area contributed by atoms with Gasteiger partial charge in [-0.3, -0.25) is 4.79 Å². The van der Waals surface area contributed by atoms with Crippen molar-refractivity contribution < 1.29 is 4.79 Å². The first-order valence-electron chi connectivity index (χ1n) is 7.24. The van der Waals surface area contributed by atoms with Gasteiger partial charge >= 0.3 is 0 Å². The Morgan fingerprint density at radius 3 is 3.05 bits per heavy atom. The summed E-state index contributed by atoms with van der Waals surface area (Å²) in [5.41, 5.74) is 0. The first-order chi connectivity index (χ1) is 9.34. The molecule has 1 aliphatic heterocycles. The molecular formula is C13H21N5O. The highest BCUT2D eigenvalue weighted by atomic mass is 16.1. The zero-order valence-electron chi connectivity index (χ0n) is 11.2. The smallest absolute Gasteiger partial charge is 0.223 e. The first-order valence-corrected chi connectivity index (χ1v) is 7.24. The van der Waals surface area contributed by atoms with E-state index in [4.69, 9.17) is 0 Å². The van der Waals surface area contributed by atoms with E-state index in [2.05, 4.69) is 25.4 Å². The van der Waals surface area contributed by atoms with Crippen LogP contribution in [0.1, 0.15) is 30.9 Å². The molecule has 2 heterocycles. The van der Waals surface area contributed by atoms with Crippen molar-refractivity contribution in [3.8, 4) is 0 Å². The number of nitrogens with one attached hydrogen (secondary N) is 2. The Hall–Kier alpha value is -1.43. The van der Waals surface area contributed by atoms with Crippen LogP contribution in [0.4, 0.5) is 0 Å². The van der Waals surface area contributed by atoms with Gasteiger partial charge < -0.3 is 15.2 Å². The van der Waals surface area contributed by atoms with Crippen molar-refractivity contribution in [2.45, 2.75) is 38.6 Å². The number of aromatic nitrogens is 3. The van der Waals surface area contributed by atoms with Crippen LogP contribution >= 0.6 is 0 Å². The van der Waals surface area contributed by atoms with Gasteiger partial charge in [0.1, 0.15) is 11.6 Å². The predicted molar refractivity (Wildman–Crippen MR) is 70.7 cm³/mol. The second-order valence-electron chi connectivity index (χ2n) is 5.35. The molecule has 1 aliphatic carbocycles. The monoisotopic (exact) mass is 263 g/mol. The van der Waals surface area contributed by atoms with E-state index in [-0.39, 0.29) is 11.8 Å². The average Bonchev–Trinajstić information content (AvgIpc) is 2.57. The lowest BCUT2D eigenvalue weighted by atomic mass is 9.85. The number of fused-ring (bicyclic) bond motifs is 1. The Bertz CT molecular complexity index is 452. The molecule has 0 saturated heterocycles. The summed E-state index contributed by atoms with van der Waals surface area (Å²) in [6, 6.07) is 0. The van der Waals surface area contributed by atoms with Gasteiger partial charge in [0.15, 0.2) is 0 Å². The van der Waals surface area contributed by atoms with Crippen LogP contribution in [-0.2, 0) is 24.2 Å². The molecule has 1 saturated carbocycles. The number of amides is 1. The standard InChI is InChI=1S/C13H21N5O/c19-13(10-2-1-3-10)15-7-5-12-17-16-11-4-6-14-8-9-18(11)12/h10,14H,1-9H2,(H,15,19). The number of rotatable bonds is 4. The number of hydrogen-bond donors (Lipinski definition) is 2. The van der Waals surface area contributed by atoms with E-state index in [1.807, 2.05) is 0 Å². The quantitative estimate of drug-likeness (QED) is 0.794. The summed E-state index contributed by atoms with van der Waals surface area (Å²) in [6.07, 6.45) is 5.01. The highest BCUT2D eigenvalue weighted by Gasteiger charge is 2.24. The number of nitrogens with zero attached hydrogens (tertiary/aromatic N) is 3. The Morgan fingerprint density at radius 1 is 1.37 bits per heavy atom. The van der Waals surface area contributed by atoms with Gasteiger partial charge in [0, 0.05) is 44.9 Å². The van der Waals surface area contributed by atoms with E-state index < -0.39 is 0 Å². The summed E-state index contributed by atoms with van der Waals surface area (Å²) in [5.74, 6) is 2.53. The summed E-state index contributed by atoms with van der Waals surface area (Å²) in [5, 5.41) is 14.8. The van der Waals surface area contributed by atoms with E-state index in [9.17, 15) is 4.79 Å². The lowest BCUT2D eigenvalue weighted by Gasteiger charge is -2.23. The topological polar surface area (TPSA) is 71.8 Å². The molecular weight excluding hydrogens is 242 g/mol. The van der Waals surface area contributed by atoms with Gasteiger partial charge in [0.05, 0.1) is 0 Å². The number of hydrogen-bond acceptors (Lipinski definition) is 4. The molecule has 0 aromatic carbocycles. The summed E-state index contributed by atoms with van der Waals surface area (Å²) in [6.45, 7) is 3.53. The van der Waals surface area contributed by atoms with Gasteiger partial charge in [-0.2, -0.15) is 0 Å². The van der Waals surface area contributed by atoms with Gasteiger partial charge in [-0.15, -0.1) is 10.2 Å². The van der Waals surface area contributed by atoms with Crippen LogP contribution in [0.5, 0.6) is 0 Å². The highest BCUT2D eigenvalue weighted by Crippen LogP contribution is 2.26. The Balaban J connectivity index is 1.52. The summed E-state index contributed by atoms with van der Waals surface area (Å²) >= 11 is 0. The lowest BCUT2D eigenvalue weighted by Crippen LogP contribution is -2.35. The van der Waals surface area contributed by atoms with Crippen molar-refractivity contribution in [2.24, 2.45) is 5.92 Å². The molecule has 1 fully saturated rings. The molecule has 1 aromatic heterocycles. The van der Waals surface area contributed by atoms with Crippen molar-refractivity contribution in [1.29, 1.82) is 0 Å². The maximum absolute atomic E-state index is 11.7. The third-order valence-corrected chi connectivity index (χ3v) is 4.07. The molecule has 3 rings (SSSR count). The molecule has 0 atom stereocenters. The maximum Gasteiger partial charge on any atom is 0.223 e. The Morgan fingerprint density at radius 2 is 2.26 bits per heavy atom. The zero-order chi connectivity index (χ0) is 13.1. The van der Waals surface area contributed by atoms with Crippen LogP contribution in [0.3, 0.4) is 0 Å². The molecule has 2 aliphatic rings. The number of carbonyl (C=O) groups is 1. The molecule has 0 radical (unpaired) electrons. The average molecular weight is 263 g/mol. The van der Waals surface area contributed by atoms with Crippen LogP contribution in [0.15, 0.2) is 0 Å². The van der Waals surface area contributed by atoms with E-state index in [0.717, 1.165) is 57.0 Å². The van der Waals surface area contributed by atoms with E-state index in [0.29, 0.717) is 6.54 Å². The van der Waals surface area contributed by atoms with E-state index in [1.165, 1.54) is 6.42 Å². The molecule has 0 bridgehead atoms. The van der Waals surface area contributed by atoms with Crippen LogP contribution in [-0.4, -0.2) is 40.3 Å². The van der Waals surface area contributed by atoms with E-state index >= 15 is 0 Å². The van der Waals surface area contributed by atoms with Crippen LogP contribution in [0.25, 0.3) is 0 Å². The molecule has 6 heteroatoms. The molecule has 6 nitrogen and oxygen atoms in total. The molecule has 1 aromatic rings. The first kappa shape index (κ1) is 12.6. The summed E-state index contributed by atoms with van der Waals surface area (Å²) < 4.78 is 2.19. The van der Waals surface area contributed by atoms with Gasteiger partial charge in [0.2, 0.25) is 5.91 Å². The van der Waals surface area contributed by atoms with E-state index in [1.54, 1.807) is 0 Å². The largest absolute Gasteiger partial charge is 0.355 e. The SMILES string of the molecule is O=C(NCCc1nnc2n1CCNCC2)C1CCC1. The van der Waals surface area contributed by atoms with Crippen LogP contribution < -0.4 is 10.6 Å². The molecule has 0 spiro atoms. The Kier molecular flexibility index (Phi) is 3.77.